The summed E-state index contributed by atoms with van der Waals surface area (Å²) >= 11 is 0. The Morgan fingerprint density at radius 2 is 1.74 bits per heavy atom. The number of carbonyl (C=O) groups excluding carboxylic acids is 3. The van der Waals surface area contributed by atoms with E-state index in [-0.39, 0.29) is 30.6 Å². The Labute approximate surface area is 181 Å². The van der Waals surface area contributed by atoms with Gasteiger partial charge in [-0.25, -0.2) is 4.39 Å². The summed E-state index contributed by atoms with van der Waals surface area (Å²) < 4.78 is 14.2. The number of amides is 3. The molecule has 0 spiro atoms. The Morgan fingerprint density at radius 1 is 1.00 bits per heavy atom. The first-order chi connectivity index (χ1) is 14.9. The van der Waals surface area contributed by atoms with Gasteiger partial charge in [0.15, 0.2) is 0 Å². The van der Waals surface area contributed by atoms with Gasteiger partial charge in [-0.15, -0.1) is 0 Å². The number of nitrogens with one attached hydrogen (secondary N) is 2. The van der Waals surface area contributed by atoms with E-state index in [1.165, 1.54) is 23.1 Å². The van der Waals surface area contributed by atoms with Gasteiger partial charge >= 0.3 is 0 Å². The van der Waals surface area contributed by atoms with Gasteiger partial charge in [-0.05, 0) is 49.6 Å². The Bertz CT molecular complexity index is 941. The third-order valence-electron chi connectivity index (χ3n) is 5.44. The predicted molar refractivity (Wildman–Crippen MR) is 117 cm³/mol. The van der Waals surface area contributed by atoms with E-state index in [1.807, 2.05) is 25.1 Å². The maximum atomic E-state index is 14.2. The molecule has 0 aromatic heterocycles. The fourth-order valence-corrected chi connectivity index (χ4v) is 3.87. The molecular formula is C24H28FN3O3. The Hall–Kier alpha value is -3.22. The van der Waals surface area contributed by atoms with E-state index in [1.54, 1.807) is 12.1 Å². The van der Waals surface area contributed by atoms with Crippen LogP contribution < -0.4 is 10.6 Å². The van der Waals surface area contributed by atoms with Crippen molar-refractivity contribution in [2.45, 2.75) is 45.1 Å². The highest BCUT2D eigenvalue weighted by molar-refractivity contribution is 5.98. The summed E-state index contributed by atoms with van der Waals surface area (Å²) in [5.41, 5.74) is 1.62. The summed E-state index contributed by atoms with van der Waals surface area (Å²) in [5, 5.41) is 5.30. The highest BCUT2D eigenvalue weighted by atomic mass is 19.1. The van der Waals surface area contributed by atoms with Crippen LogP contribution in [0, 0.1) is 12.7 Å². The van der Waals surface area contributed by atoms with E-state index in [4.69, 9.17) is 0 Å². The molecule has 164 valence electrons. The number of aryl methyl sites for hydroxylation is 1. The van der Waals surface area contributed by atoms with Crippen molar-refractivity contribution in [1.82, 2.24) is 10.2 Å². The number of carbonyl (C=O) groups is 3. The lowest BCUT2D eigenvalue weighted by atomic mass is 9.93. The summed E-state index contributed by atoms with van der Waals surface area (Å²) in [6.45, 7) is 1.50. The van der Waals surface area contributed by atoms with Crippen LogP contribution >= 0.6 is 0 Å². The number of hydrogen-bond acceptors (Lipinski definition) is 3. The molecule has 1 fully saturated rings. The van der Waals surface area contributed by atoms with E-state index in [0.29, 0.717) is 5.69 Å². The second kappa shape index (κ2) is 10.7. The molecule has 2 aromatic carbocycles. The predicted octanol–water partition coefficient (Wildman–Crippen LogP) is 3.66. The second-order valence-corrected chi connectivity index (χ2v) is 7.90. The van der Waals surface area contributed by atoms with Gasteiger partial charge in [0, 0.05) is 11.7 Å². The van der Waals surface area contributed by atoms with Crippen molar-refractivity contribution in [3.8, 4) is 0 Å². The number of hydrogen-bond donors (Lipinski definition) is 2. The average molecular weight is 426 g/mol. The zero-order valence-corrected chi connectivity index (χ0v) is 17.7. The molecule has 0 bridgehead atoms. The van der Waals surface area contributed by atoms with Gasteiger partial charge < -0.3 is 15.5 Å². The largest absolute Gasteiger partial charge is 0.345 e. The minimum atomic E-state index is -0.605. The zero-order chi connectivity index (χ0) is 22.2. The van der Waals surface area contributed by atoms with Crippen LogP contribution in [0.2, 0.25) is 0 Å². The monoisotopic (exact) mass is 425 g/mol. The van der Waals surface area contributed by atoms with E-state index in [0.717, 1.165) is 37.7 Å². The van der Waals surface area contributed by atoms with E-state index < -0.39 is 17.6 Å². The van der Waals surface area contributed by atoms with Gasteiger partial charge in [0.2, 0.25) is 11.8 Å². The SMILES string of the molecule is Cc1cccc(NC(=O)CNC(=O)CN(C(=O)c2ccccc2F)C2CCCCC2)c1. The van der Waals surface area contributed by atoms with Crippen molar-refractivity contribution < 1.29 is 18.8 Å². The topological polar surface area (TPSA) is 78.5 Å². The van der Waals surface area contributed by atoms with Crippen molar-refractivity contribution in [3.63, 3.8) is 0 Å². The molecule has 0 aliphatic heterocycles. The maximum Gasteiger partial charge on any atom is 0.257 e. The van der Waals surface area contributed by atoms with Crippen LogP contribution in [-0.2, 0) is 9.59 Å². The van der Waals surface area contributed by atoms with Crippen molar-refractivity contribution >= 4 is 23.4 Å². The minimum absolute atomic E-state index is 0.0435. The molecule has 3 amide bonds. The maximum absolute atomic E-state index is 14.2. The summed E-state index contributed by atoms with van der Waals surface area (Å²) in [6.07, 6.45) is 4.57. The van der Waals surface area contributed by atoms with Gasteiger partial charge in [0.05, 0.1) is 12.1 Å². The Morgan fingerprint density at radius 3 is 2.45 bits per heavy atom. The molecule has 1 saturated carbocycles. The normalized spacial score (nSPS) is 14.0. The van der Waals surface area contributed by atoms with Gasteiger partial charge in [-0.2, -0.15) is 0 Å². The van der Waals surface area contributed by atoms with Gasteiger partial charge in [0.1, 0.15) is 12.4 Å². The van der Waals surface area contributed by atoms with Gasteiger partial charge in [0.25, 0.3) is 5.91 Å². The lowest BCUT2D eigenvalue weighted by Crippen LogP contribution is -2.48. The molecule has 6 nitrogen and oxygen atoms in total. The average Bonchev–Trinajstić information content (AvgIpc) is 2.76. The van der Waals surface area contributed by atoms with Crippen molar-refractivity contribution in [2.24, 2.45) is 0 Å². The summed E-state index contributed by atoms with van der Waals surface area (Å²) in [6, 6.07) is 13.0. The van der Waals surface area contributed by atoms with Gasteiger partial charge in [-0.1, -0.05) is 43.5 Å². The molecule has 2 aromatic rings. The molecule has 0 heterocycles. The molecular weight excluding hydrogens is 397 g/mol. The smallest absolute Gasteiger partial charge is 0.257 e. The fraction of sp³-hybridized carbons (Fsp3) is 0.375. The number of benzene rings is 2. The number of halogens is 1. The van der Waals surface area contributed by atoms with Crippen LogP contribution in [0.3, 0.4) is 0 Å². The first kappa shape index (κ1) is 22.5. The summed E-state index contributed by atoms with van der Waals surface area (Å²) in [4.78, 5) is 39.2. The standard InChI is InChI=1S/C24H28FN3O3/c1-17-8-7-9-18(14-17)27-22(29)15-26-23(30)16-28(19-10-3-2-4-11-19)24(31)20-12-5-6-13-21(20)25/h5-9,12-14,19H,2-4,10-11,15-16H2,1H3,(H,26,30)(H,27,29). The highest BCUT2D eigenvalue weighted by Crippen LogP contribution is 2.24. The number of nitrogens with zero attached hydrogens (tertiary/aromatic N) is 1. The summed E-state index contributed by atoms with van der Waals surface area (Å²) in [7, 11) is 0. The molecule has 1 aliphatic rings. The molecule has 0 radical (unpaired) electrons. The summed E-state index contributed by atoms with van der Waals surface area (Å²) in [5.74, 6) is -1.91. The Kier molecular flexibility index (Phi) is 7.76. The second-order valence-electron chi connectivity index (χ2n) is 7.90. The first-order valence-electron chi connectivity index (χ1n) is 10.6. The fourth-order valence-electron chi connectivity index (χ4n) is 3.87. The lowest BCUT2D eigenvalue weighted by Gasteiger charge is -2.34. The molecule has 1 aliphatic carbocycles. The molecule has 7 heteroatoms. The molecule has 0 atom stereocenters. The molecule has 0 saturated heterocycles. The van der Waals surface area contributed by atoms with Crippen LogP contribution in [0.25, 0.3) is 0 Å². The third-order valence-corrected chi connectivity index (χ3v) is 5.44. The third kappa shape index (κ3) is 6.38. The van der Waals surface area contributed by atoms with E-state index in [9.17, 15) is 18.8 Å². The quantitative estimate of drug-likeness (QED) is 0.711. The number of rotatable bonds is 7. The van der Waals surface area contributed by atoms with Crippen LogP contribution in [0.15, 0.2) is 48.5 Å². The van der Waals surface area contributed by atoms with Crippen molar-refractivity contribution in [1.29, 1.82) is 0 Å². The van der Waals surface area contributed by atoms with Crippen LogP contribution in [0.1, 0.15) is 48.0 Å². The van der Waals surface area contributed by atoms with E-state index >= 15 is 0 Å². The van der Waals surface area contributed by atoms with Gasteiger partial charge in [-0.3, -0.25) is 14.4 Å². The molecule has 0 unspecified atom stereocenters. The molecule has 3 rings (SSSR count). The van der Waals surface area contributed by atoms with Crippen LogP contribution in [0.4, 0.5) is 10.1 Å². The van der Waals surface area contributed by atoms with Crippen molar-refractivity contribution in [3.05, 3.63) is 65.5 Å². The Balaban J connectivity index is 1.62. The van der Waals surface area contributed by atoms with Crippen LogP contribution in [0.5, 0.6) is 0 Å². The van der Waals surface area contributed by atoms with Crippen molar-refractivity contribution in [2.75, 3.05) is 18.4 Å². The lowest BCUT2D eigenvalue weighted by molar-refractivity contribution is -0.125. The first-order valence-corrected chi connectivity index (χ1v) is 10.6. The van der Waals surface area contributed by atoms with Crippen LogP contribution in [-0.4, -0.2) is 41.8 Å². The van der Waals surface area contributed by atoms with E-state index in [2.05, 4.69) is 10.6 Å². The highest BCUT2D eigenvalue weighted by Gasteiger charge is 2.29. The zero-order valence-electron chi connectivity index (χ0n) is 17.7. The minimum Gasteiger partial charge on any atom is -0.345 e. The number of anilines is 1. The molecule has 2 N–H and O–H groups in total. The molecule has 31 heavy (non-hydrogen) atoms.